The van der Waals surface area contributed by atoms with E-state index in [-0.39, 0.29) is 5.78 Å². The van der Waals surface area contributed by atoms with Gasteiger partial charge in [0.2, 0.25) is 0 Å². The zero-order chi connectivity index (χ0) is 12.8. The SMILES string of the molecule is CCC(=CC(=O)Cc1cc(CC)nn1C)CC. The Hall–Kier alpha value is -1.38. The number of hydrogen-bond donors (Lipinski definition) is 0. The van der Waals surface area contributed by atoms with Crippen LogP contribution in [0.15, 0.2) is 17.7 Å². The molecule has 1 rings (SSSR count). The average molecular weight is 234 g/mol. The molecule has 0 unspecified atom stereocenters. The van der Waals surface area contributed by atoms with Gasteiger partial charge in [0.05, 0.1) is 12.1 Å². The normalized spacial score (nSPS) is 10.4. The first-order valence-electron chi connectivity index (χ1n) is 6.34. The lowest BCUT2D eigenvalue weighted by atomic mass is 10.1. The smallest absolute Gasteiger partial charge is 0.161 e. The summed E-state index contributed by atoms with van der Waals surface area (Å²) >= 11 is 0. The number of nitrogens with zero attached hydrogens (tertiary/aromatic N) is 2. The van der Waals surface area contributed by atoms with E-state index in [1.54, 1.807) is 6.08 Å². The highest BCUT2D eigenvalue weighted by Gasteiger charge is 2.08. The molecule has 0 amide bonds. The van der Waals surface area contributed by atoms with Crippen molar-refractivity contribution < 1.29 is 4.79 Å². The molecule has 0 spiro atoms. The molecule has 0 aromatic carbocycles. The summed E-state index contributed by atoms with van der Waals surface area (Å²) in [6, 6.07) is 2.02. The first-order valence-corrected chi connectivity index (χ1v) is 6.34. The Morgan fingerprint density at radius 1 is 1.35 bits per heavy atom. The van der Waals surface area contributed by atoms with Crippen molar-refractivity contribution in [2.45, 2.75) is 46.5 Å². The molecule has 0 radical (unpaired) electrons. The van der Waals surface area contributed by atoms with Gasteiger partial charge in [0, 0.05) is 12.7 Å². The largest absolute Gasteiger partial charge is 0.294 e. The number of carbonyl (C=O) groups is 1. The average Bonchev–Trinajstić information content (AvgIpc) is 2.67. The van der Waals surface area contributed by atoms with Gasteiger partial charge in [-0.25, -0.2) is 0 Å². The van der Waals surface area contributed by atoms with Crippen LogP contribution in [0.4, 0.5) is 0 Å². The predicted octanol–water partition coefficient (Wildman–Crippen LogP) is 2.84. The van der Waals surface area contributed by atoms with E-state index in [9.17, 15) is 4.79 Å². The van der Waals surface area contributed by atoms with Crippen molar-refractivity contribution in [1.82, 2.24) is 9.78 Å². The lowest BCUT2D eigenvalue weighted by Gasteiger charge is -2.01. The Labute approximate surface area is 104 Å². The molecule has 0 saturated heterocycles. The zero-order valence-corrected chi connectivity index (χ0v) is 11.3. The molecule has 0 atom stereocenters. The number of carbonyl (C=O) groups excluding carboxylic acids is 1. The summed E-state index contributed by atoms with van der Waals surface area (Å²) in [6.45, 7) is 6.24. The van der Waals surface area contributed by atoms with Crippen LogP contribution in [0, 0.1) is 0 Å². The summed E-state index contributed by atoms with van der Waals surface area (Å²) < 4.78 is 1.81. The topological polar surface area (TPSA) is 34.9 Å². The standard InChI is InChI=1S/C14H22N2O/c1-5-11(6-2)8-14(17)10-13-9-12(7-3)15-16(13)4/h8-9H,5-7,10H2,1-4H3. The first kappa shape index (κ1) is 13.7. The molecule has 0 fully saturated rings. The summed E-state index contributed by atoms with van der Waals surface area (Å²) in [5.74, 6) is 0.175. The second-order valence-electron chi connectivity index (χ2n) is 4.26. The highest BCUT2D eigenvalue weighted by Crippen LogP contribution is 2.09. The summed E-state index contributed by atoms with van der Waals surface area (Å²) in [7, 11) is 1.89. The van der Waals surface area contributed by atoms with Gasteiger partial charge in [0.25, 0.3) is 0 Å². The third-order valence-electron chi connectivity index (χ3n) is 3.02. The first-order chi connectivity index (χ1) is 8.10. The maximum absolute atomic E-state index is 11.9. The van der Waals surface area contributed by atoms with Crippen LogP contribution in [0.5, 0.6) is 0 Å². The van der Waals surface area contributed by atoms with Gasteiger partial charge in [-0.15, -0.1) is 0 Å². The molecule has 0 bridgehead atoms. The van der Waals surface area contributed by atoms with E-state index >= 15 is 0 Å². The minimum Gasteiger partial charge on any atom is -0.294 e. The molecule has 17 heavy (non-hydrogen) atoms. The molecular weight excluding hydrogens is 212 g/mol. The van der Waals surface area contributed by atoms with Gasteiger partial charge in [-0.2, -0.15) is 5.10 Å². The van der Waals surface area contributed by atoms with E-state index in [0.29, 0.717) is 6.42 Å². The molecule has 0 aliphatic rings. The van der Waals surface area contributed by atoms with Crippen LogP contribution < -0.4 is 0 Å². The van der Waals surface area contributed by atoms with E-state index in [1.807, 2.05) is 17.8 Å². The van der Waals surface area contributed by atoms with Crippen LogP contribution >= 0.6 is 0 Å². The maximum Gasteiger partial charge on any atom is 0.161 e. The van der Waals surface area contributed by atoms with Crippen molar-refractivity contribution in [3.63, 3.8) is 0 Å². The van der Waals surface area contributed by atoms with E-state index in [1.165, 1.54) is 5.57 Å². The zero-order valence-electron chi connectivity index (χ0n) is 11.3. The number of aryl methyl sites for hydroxylation is 2. The van der Waals surface area contributed by atoms with E-state index in [2.05, 4.69) is 25.9 Å². The molecule has 3 nitrogen and oxygen atoms in total. The van der Waals surface area contributed by atoms with Crippen LogP contribution in [0.3, 0.4) is 0 Å². The summed E-state index contributed by atoms with van der Waals surface area (Å²) in [6.07, 6.45) is 5.06. The van der Waals surface area contributed by atoms with Crippen LogP contribution in [0.25, 0.3) is 0 Å². The Balaban J connectivity index is 2.74. The van der Waals surface area contributed by atoms with Crippen LogP contribution in [0.2, 0.25) is 0 Å². The number of aromatic nitrogens is 2. The lowest BCUT2D eigenvalue weighted by molar-refractivity contribution is -0.114. The highest BCUT2D eigenvalue weighted by atomic mass is 16.1. The van der Waals surface area contributed by atoms with Gasteiger partial charge >= 0.3 is 0 Å². The molecule has 1 aromatic heterocycles. The maximum atomic E-state index is 11.9. The van der Waals surface area contributed by atoms with Crippen LogP contribution in [-0.2, 0) is 24.7 Å². The Morgan fingerprint density at radius 3 is 2.47 bits per heavy atom. The monoisotopic (exact) mass is 234 g/mol. The van der Waals surface area contributed by atoms with Gasteiger partial charge in [-0.1, -0.05) is 26.3 Å². The Morgan fingerprint density at radius 2 is 2.00 bits per heavy atom. The van der Waals surface area contributed by atoms with Gasteiger partial charge in [-0.05, 0) is 31.4 Å². The summed E-state index contributed by atoms with van der Waals surface area (Å²) in [5, 5.41) is 4.35. The van der Waals surface area contributed by atoms with Crippen molar-refractivity contribution in [2.75, 3.05) is 0 Å². The summed E-state index contributed by atoms with van der Waals surface area (Å²) in [5.41, 5.74) is 3.26. The Bertz CT molecular complexity index is 410. The molecule has 1 aromatic rings. The van der Waals surface area contributed by atoms with Gasteiger partial charge in [0.1, 0.15) is 0 Å². The minimum absolute atomic E-state index is 0.175. The fourth-order valence-electron chi connectivity index (χ4n) is 1.82. The molecule has 1 heterocycles. The Kier molecular flexibility index (Phi) is 5.13. The van der Waals surface area contributed by atoms with Crippen molar-refractivity contribution in [2.24, 2.45) is 7.05 Å². The van der Waals surface area contributed by atoms with Gasteiger partial charge < -0.3 is 0 Å². The van der Waals surface area contributed by atoms with Crippen molar-refractivity contribution in [1.29, 1.82) is 0 Å². The minimum atomic E-state index is 0.175. The number of rotatable bonds is 6. The molecule has 0 N–H and O–H groups in total. The number of hydrogen-bond acceptors (Lipinski definition) is 2. The third kappa shape index (κ3) is 3.84. The van der Waals surface area contributed by atoms with E-state index < -0.39 is 0 Å². The number of allylic oxidation sites excluding steroid dienone is 2. The van der Waals surface area contributed by atoms with Crippen molar-refractivity contribution >= 4 is 5.78 Å². The molecular formula is C14H22N2O. The molecule has 94 valence electrons. The number of ketones is 1. The lowest BCUT2D eigenvalue weighted by Crippen LogP contribution is -2.05. The van der Waals surface area contributed by atoms with Gasteiger partial charge in [-0.3, -0.25) is 9.48 Å². The quantitative estimate of drug-likeness (QED) is 0.709. The highest BCUT2D eigenvalue weighted by molar-refractivity contribution is 5.91. The van der Waals surface area contributed by atoms with Gasteiger partial charge in [0.15, 0.2) is 5.78 Å². The molecule has 3 heteroatoms. The fraction of sp³-hybridized carbons (Fsp3) is 0.571. The molecule has 0 saturated carbocycles. The van der Waals surface area contributed by atoms with Crippen LogP contribution in [-0.4, -0.2) is 15.6 Å². The predicted molar refractivity (Wildman–Crippen MR) is 70.0 cm³/mol. The van der Waals surface area contributed by atoms with E-state index in [4.69, 9.17) is 0 Å². The second kappa shape index (κ2) is 6.38. The molecule has 0 aliphatic carbocycles. The second-order valence-corrected chi connectivity index (χ2v) is 4.26. The summed E-state index contributed by atoms with van der Waals surface area (Å²) in [4.78, 5) is 11.9. The van der Waals surface area contributed by atoms with Crippen LogP contribution in [0.1, 0.15) is 45.0 Å². The van der Waals surface area contributed by atoms with E-state index in [0.717, 1.165) is 30.7 Å². The molecule has 0 aliphatic heterocycles. The fourth-order valence-corrected chi connectivity index (χ4v) is 1.82. The van der Waals surface area contributed by atoms with Crippen molar-refractivity contribution in [3.8, 4) is 0 Å². The third-order valence-corrected chi connectivity index (χ3v) is 3.02. The van der Waals surface area contributed by atoms with Crippen molar-refractivity contribution in [3.05, 3.63) is 29.1 Å².